The molecule has 4 heteroatoms. The van der Waals surface area contributed by atoms with Crippen molar-refractivity contribution in [3.8, 4) is 0 Å². The third kappa shape index (κ3) is 5.16. The number of hydrogen-bond acceptors (Lipinski definition) is 3. The molecule has 0 spiro atoms. The molecule has 0 saturated carbocycles. The van der Waals surface area contributed by atoms with Crippen LogP contribution in [0.25, 0.3) is 0 Å². The highest BCUT2D eigenvalue weighted by atomic mass is 32.2. The lowest BCUT2D eigenvalue weighted by molar-refractivity contribution is -0.133. The Balaban J connectivity index is 3.79. The highest BCUT2D eigenvalue weighted by Crippen LogP contribution is 2.05. The monoisotopic (exact) mass is 204 g/mol. The highest BCUT2D eigenvalue weighted by molar-refractivity contribution is 7.98. The van der Waals surface area contributed by atoms with E-state index in [1.165, 1.54) is 0 Å². The topological polar surface area (TPSA) is 46.3 Å². The van der Waals surface area contributed by atoms with Crippen LogP contribution in [0.15, 0.2) is 0 Å². The van der Waals surface area contributed by atoms with Gasteiger partial charge in [-0.15, -0.1) is 0 Å². The minimum absolute atomic E-state index is 0.0665. The van der Waals surface area contributed by atoms with E-state index >= 15 is 0 Å². The van der Waals surface area contributed by atoms with E-state index in [1.54, 1.807) is 16.7 Å². The molecule has 78 valence electrons. The largest absolute Gasteiger partial charge is 0.345 e. The summed E-state index contributed by atoms with van der Waals surface area (Å²) in [4.78, 5) is 13.4. The van der Waals surface area contributed by atoms with Gasteiger partial charge in [-0.3, -0.25) is 4.79 Å². The maximum Gasteiger partial charge on any atom is 0.225 e. The van der Waals surface area contributed by atoms with Crippen molar-refractivity contribution < 1.29 is 4.79 Å². The van der Waals surface area contributed by atoms with E-state index in [0.29, 0.717) is 6.54 Å². The number of thioether (sulfide) groups is 1. The fraction of sp³-hybridized carbons (Fsp3) is 0.889. The molecular formula is C9H20N2OS. The Morgan fingerprint density at radius 3 is 2.69 bits per heavy atom. The van der Waals surface area contributed by atoms with Crippen LogP contribution in [0.5, 0.6) is 0 Å². The average molecular weight is 204 g/mol. The van der Waals surface area contributed by atoms with Crippen LogP contribution in [0.2, 0.25) is 0 Å². The fourth-order valence-corrected chi connectivity index (χ4v) is 1.54. The molecule has 0 aliphatic heterocycles. The van der Waals surface area contributed by atoms with Crippen LogP contribution < -0.4 is 5.73 Å². The molecule has 0 aromatic heterocycles. The van der Waals surface area contributed by atoms with Crippen LogP contribution in [-0.2, 0) is 4.79 Å². The predicted octanol–water partition coefficient (Wildman–Crippen LogP) is 0.793. The molecule has 0 bridgehead atoms. The van der Waals surface area contributed by atoms with Gasteiger partial charge in [0.05, 0.1) is 0 Å². The first-order chi connectivity index (χ1) is 6.13. The Hall–Kier alpha value is -0.220. The van der Waals surface area contributed by atoms with E-state index < -0.39 is 0 Å². The minimum Gasteiger partial charge on any atom is -0.345 e. The van der Waals surface area contributed by atoms with Crippen molar-refractivity contribution in [2.75, 3.05) is 32.1 Å². The Morgan fingerprint density at radius 2 is 2.23 bits per heavy atom. The zero-order valence-corrected chi connectivity index (χ0v) is 9.56. The highest BCUT2D eigenvalue weighted by Gasteiger charge is 2.15. The second kappa shape index (κ2) is 7.21. The van der Waals surface area contributed by atoms with E-state index in [1.807, 2.05) is 20.2 Å². The molecular weight excluding hydrogens is 184 g/mol. The molecule has 0 aliphatic rings. The quantitative estimate of drug-likeness (QED) is 0.696. The average Bonchev–Trinajstić information content (AvgIpc) is 2.13. The summed E-state index contributed by atoms with van der Waals surface area (Å²) in [5, 5.41) is 0. The summed E-state index contributed by atoms with van der Waals surface area (Å²) in [6, 6.07) is 0. The van der Waals surface area contributed by atoms with E-state index in [2.05, 4.69) is 0 Å². The van der Waals surface area contributed by atoms with Gasteiger partial charge < -0.3 is 10.6 Å². The maximum atomic E-state index is 11.6. The number of amides is 1. The zero-order chi connectivity index (χ0) is 10.3. The van der Waals surface area contributed by atoms with Crippen LogP contribution in [0.3, 0.4) is 0 Å². The number of carbonyl (C=O) groups excluding carboxylic acids is 1. The van der Waals surface area contributed by atoms with Crippen LogP contribution in [0.1, 0.15) is 13.3 Å². The first kappa shape index (κ1) is 12.8. The normalized spacial score (nSPS) is 12.6. The van der Waals surface area contributed by atoms with Crippen LogP contribution in [0, 0.1) is 5.92 Å². The van der Waals surface area contributed by atoms with Crippen molar-refractivity contribution in [3.63, 3.8) is 0 Å². The van der Waals surface area contributed by atoms with Crippen LogP contribution >= 0.6 is 11.8 Å². The molecule has 0 aliphatic carbocycles. The zero-order valence-electron chi connectivity index (χ0n) is 8.75. The van der Waals surface area contributed by atoms with Gasteiger partial charge in [0.25, 0.3) is 0 Å². The van der Waals surface area contributed by atoms with Crippen LogP contribution in [-0.4, -0.2) is 43.0 Å². The molecule has 1 unspecified atom stereocenters. The van der Waals surface area contributed by atoms with Gasteiger partial charge in [0, 0.05) is 25.3 Å². The summed E-state index contributed by atoms with van der Waals surface area (Å²) in [5.41, 5.74) is 5.39. The van der Waals surface area contributed by atoms with Gasteiger partial charge in [0.1, 0.15) is 0 Å². The fourth-order valence-electron chi connectivity index (χ4n) is 1.09. The molecule has 3 nitrogen and oxygen atoms in total. The molecule has 1 amide bonds. The molecule has 0 heterocycles. The van der Waals surface area contributed by atoms with Crippen molar-refractivity contribution in [1.82, 2.24) is 4.90 Å². The Labute approximate surface area is 85.0 Å². The van der Waals surface area contributed by atoms with Gasteiger partial charge >= 0.3 is 0 Å². The minimum atomic E-state index is 0.0665. The van der Waals surface area contributed by atoms with Crippen molar-refractivity contribution >= 4 is 17.7 Å². The maximum absolute atomic E-state index is 11.6. The van der Waals surface area contributed by atoms with Crippen molar-refractivity contribution in [3.05, 3.63) is 0 Å². The van der Waals surface area contributed by atoms with Gasteiger partial charge in [-0.2, -0.15) is 11.8 Å². The molecule has 2 N–H and O–H groups in total. The molecule has 0 rings (SSSR count). The molecule has 1 atom stereocenters. The first-order valence-electron chi connectivity index (χ1n) is 4.57. The molecule has 0 radical (unpaired) electrons. The van der Waals surface area contributed by atoms with Gasteiger partial charge in [-0.05, 0) is 19.2 Å². The van der Waals surface area contributed by atoms with Crippen molar-refractivity contribution in [1.29, 1.82) is 0 Å². The second-order valence-corrected chi connectivity index (χ2v) is 4.22. The van der Waals surface area contributed by atoms with Gasteiger partial charge in [0.2, 0.25) is 5.91 Å². The Kier molecular flexibility index (Phi) is 7.09. The molecule has 13 heavy (non-hydrogen) atoms. The number of carbonyl (C=O) groups is 1. The molecule has 0 saturated heterocycles. The summed E-state index contributed by atoms with van der Waals surface area (Å²) >= 11 is 1.75. The van der Waals surface area contributed by atoms with Gasteiger partial charge in [-0.25, -0.2) is 0 Å². The predicted molar refractivity (Wildman–Crippen MR) is 58.9 cm³/mol. The van der Waals surface area contributed by atoms with Gasteiger partial charge in [0.15, 0.2) is 0 Å². The smallest absolute Gasteiger partial charge is 0.225 e. The van der Waals surface area contributed by atoms with E-state index in [0.717, 1.165) is 18.7 Å². The molecule has 0 aromatic rings. The molecule has 0 aromatic carbocycles. The summed E-state index contributed by atoms with van der Waals surface area (Å²) in [7, 11) is 1.85. The standard InChI is InChI=1S/C9H20N2OS/c1-8(4-5-10)9(12)11(2)6-7-13-3/h8H,4-7,10H2,1-3H3. The summed E-state index contributed by atoms with van der Waals surface area (Å²) in [6.07, 6.45) is 2.82. The SMILES string of the molecule is CSCCN(C)C(=O)C(C)CCN. The number of nitrogens with two attached hydrogens (primary N) is 1. The Morgan fingerprint density at radius 1 is 1.62 bits per heavy atom. The summed E-state index contributed by atoms with van der Waals surface area (Å²) in [5.74, 6) is 1.27. The summed E-state index contributed by atoms with van der Waals surface area (Å²) in [6.45, 7) is 3.35. The van der Waals surface area contributed by atoms with E-state index in [9.17, 15) is 4.79 Å². The van der Waals surface area contributed by atoms with Crippen molar-refractivity contribution in [2.24, 2.45) is 11.7 Å². The lowest BCUT2D eigenvalue weighted by atomic mass is 10.1. The number of rotatable bonds is 6. The van der Waals surface area contributed by atoms with Crippen molar-refractivity contribution in [2.45, 2.75) is 13.3 Å². The molecule has 0 fully saturated rings. The first-order valence-corrected chi connectivity index (χ1v) is 5.96. The Bertz CT molecular complexity index is 153. The second-order valence-electron chi connectivity index (χ2n) is 3.23. The van der Waals surface area contributed by atoms with Crippen LogP contribution in [0.4, 0.5) is 0 Å². The lowest BCUT2D eigenvalue weighted by Crippen LogP contribution is -2.34. The third-order valence-corrected chi connectivity index (χ3v) is 2.62. The lowest BCUT2D eigenvalue weighted by Gasteiger charge is -2.20. The van der Waals surface area contributed by atoms with Gasteiger partial charge in [-0.1, -0.05) is 6.92 Å². The number of hydrogen-bond donors (Lipinski definition) is 1. The van der Waals surface area contributed by atoms with E-state index in [-0.39, 0.29) is 11.8 Å². The third-order valence-electron chi connectivity index (χ3n) is 2.03. The number of nitrogens with zero attached hydrogens (tertiary/aromatic N) is 1. The van der Waals surface area contributed by atoms with E-state index in [4.69, 9.17) is 5.73 Å². The summed E-state index contributed by atoms with van der Waals surface area (Å²) < 4.78 is 0.